The van der Waals surface area contributed by atoms with Gasteiger partial charge in [-0.25, -0.2) is 4.63 Å². The van der Waals surface area contributed by atoms with Crippen molar-refractivity contribution < 1.29 is 21.7 Å². The molecule has 0 aliphatic heterocycles. The Labute approximate surface area is 50.5 Å². The Morgan fingerprint density at radius 1 is 1.71 bits per heavy atom. The molecule has 1 radical (unpaired) electrons. The first-order valence-corrected chi connectivity index (χ1v) is 1.42. The zero-order valence-corrected chi connectivity index (χ0v) is 4.20. The largest absolute Gasteiger partial charge is 0.380 e. The van der Waals surface area contributed by atoms with Crippen LogP contribution in [0.5, 0.6) is 0 Å². The molecule has 1 aromatic rings. The monoisotopic (exact) mass is 148 g/mol. The molecule has 1 heterocycles. The Kier molecular flexibility index (Phi) is 2.40. The maximum absolute atomic E-state index is 5.01. The van der Waals surface area contributed by atoms with Crippen LogP contribution in [-0.2, 0) is 17.1 Å². The summed E-state index contributed by atoms with van der Waals surface area (Å²) < 4.78 is 4.09. The summed E-state index contributed by atoms with van der Waals surface area (Å²) in [5, 5.41) is 6.42. The SMILES string of the molecule is Nc1cnon1.[Cu]. The number of hydrogen-bond acceptors (Lipinski definition) is 4. The first kappa shape index (κ1) is 6.46. The molecule has 1 aromatic heterocycles. The Morgan fingerprint density at radius 3 is 2.57 bits per heavy atom. The zero-order valence-electron chi connectivity index (χ0n) is 3.26. The summed E-state index contributed by atoms with van der Waals surface area (Å²) in [7, 11) is 0. The van der Waals surface area contributed by atoms with E-state index in [-0.39, 0.29) is 17.1 Å². The van der Waals surface area contributed by atoms with E-state index in [1.54, 1.807) is 0 Å². The molecule has 43 valence electrons. The number of nitrogen functional groups attached to an aromatic ring is 1. The Morgan fingerprint density at radius 2 is 2.43 bits per heavy atom. The van der Waals surface area contributed by atoms with Crippen molar-refractivity contribution in [2.24, 2.45) is 0 Å². The number of hydrogen-bond donors (Lipinski definition) is 1. The molecule has 0 aliphatic carbocycles. The Balaban J connectivity index is 0.000000360. The molecule has 4 nitrogen and oxygen atoms in total. The van der Waals surface area contributed by atoms with Gasteiger partial charge in [0.1, 0.15) is 6.20 Å². The van der Waals surface area contributed by atoms with Gasteiger partial charge in [0.05, 0.1) is 0 Å². The van der Waals surface area contributed by atoms with Gasteiger partial charge in [-0.05, 0) is 5.16 Å². The number of aromatic nitrogens is 2. The minimum Gasteiger partial charge on any atom is -0.380 e. The molecule has 7 heavy (non-hydrogen) atoms. The van der Waals surface area contributed by atoms with Gasteiger partial charge in [-0.1, -0.05) is 5.16 Å². The minimum absolute atomic E-state index is 0. The maximum Gasteiger partial charge on any atom is 0.188 e. The number of nitrogens with two attached hydrogens (primary N) is 1. The molecule has 0 amide bonds. The molecule has 0 atom stereocenters. The summed E-state index contributed by atoms with van der Waals surface area (Å²) in [5.74, 6) is 0.315. The maximum atomic E-state index is 5.01. The summed E-state index contributed by atoms with van der Waals surface area (Å²) in [4.78, 5) is 0. The molecule has 0 bridgehead atoms. The van der Waals surface area contributed by atoms with Crippen LogP contribution < -0.4 is 5.73 Å². The first-order chi connectivity index (χ1) is 2.89. The molecule has 0 aromatic carbocycles. The summed E-state index contributed by atoms with van der Waals surface area (Å²) in [6.45, 7) is 0. The van der Waals surface area contributed by atoms with Crippen LogP contribution in [0, 0.1) is 0 Å². The van der Waals surface area contributed by atoms with Crippen LogP contribution in [0.2, 0.25) is 0 Å². The summed E-state index contributed by atoms with van der Waals surface area (Å²) in [6, 6.07) is 0. The third kappa shape index (κ3) is 1.57. The molecule has 0 unspecified atom stereocenters. The molecule has 5 heteroatoms. The molecule has 0 fully saturated rings. The number of rotatable bonds is 0. The average Bonchev–Trinajstić information content (AvgIpc) is 1.86. The van der Waals surface area contributed by atoms with Crippen molar-refractivity contribution in [2.45, 2.75) is 0 Å². The van der Waals surface area contributed by atoms with E-state index in [2.05, 4.69) is 14.9 Å². The van der Waals surface area contributed by atoms with E-state index in [0.717, 1.165) is 0 Å². The van der Waals surface area contributed by atoms with E-state index in [0.29, 0.717) is 5.82 Å². The average molecular weight is 149 g/mol. The van der Waals surface area contributed by atoms with Gasteiger partial charge in [0.25, 0.3) is 0 Å². The van der Waals surface area contributed by atoms with Crippen molar-refractivity contribution in [2.75, 3.05) is 5.73 Å². The van der Waals surface area contributed by atoms with Crippen molar-refractivity contribution in [3.05, 3.63) is 6.20 Å². The molecule has 0 saturated heterocycles. The van der Waals surface area contributed by atoms with Crippen LogP contribution in [-0.4, -0.2) is 10.3 Å². The molecule has 0 aliphatic rings. The minimum atomic E-state index is 0. The van der Waals surface area contributed by atoms with Crippen LogP contribution in [0.25, 0.3) is 0 Å². The van der Waals surface area contributed by atoms with E-state index in [4.69, 9.17) is 5.73 Å². The van der Waals surface area contributed by atoms with Gasteiger partial charge in [0.15, 0.2) is 5.82 Å². The predicted octanol–water partition coefficient (Wildman–Crippen LogP) is -0.351. The summed E-state index contributed by atoms with van der Waals surface area (Å²) in [5.41, 5.74) is 5.01. The van der Waals surface area contributed by atoms with Gasteiger partial charge >= 0.3 is 0 Å². The van der Waals surface area contributed by atoms with E-state index < -0.39 is 0 Å². The second-order valence-electron chi connectivity index (χ2n) is 0.832. The molecular formula is C2H3CuN3O. The fraction of sp³-hybridized carbons (Fsp3) is 0. The van der Waals surface area contributed by atoms with Crippen LogP contribution in [0.15, 0.2) is 10.8 Å². The van der Waals surface area contributed by atoms with Gasteiger partial charge in [-0.15, -0.1) is 0 Å². The van der Waals surface area contributed by atoms with Gasteiger partial charge < -0.3 is 5.73 Å². The van der Waals surface area contributed by atoms with Crippen LogP contribution in [0.3, 0.4) is 0 Å². The van der Waals surface area contributed by atoms with Gasteiger partial charge in [0.2, 0.25) is 0 Å². The van der Waals surface area contributed by atoms with Crippen molar-refractivity contribution >= 4 is 5.82 Å². The standard InChI is InChI=1S/C2H3N3O.Cu/c3-2-1-4-6-5-2;/h1H,(H2,3,5);. The first-order valence-electron chi connectivity index (χ1n) is 1.42. The Bertz CT molecular complexity index is 116. The van der Waals surface area contributed by atoms with Gasteiger partial charge in [0, 0.05) is 17.1 Å². The van der Waals surface area contributed by atoms with E-state index >= 15 is 0 Å². The van der Waals surface area contributed by atoms with Crippen LogP contribution >= 0.6 is 0 Å². The third-order valence-corrected chi connectivity index (χ3v) is 0.378. The summed E-state index contributed by atoms with van der Waals surface area (Å²) in [6.07, 6.45) is 1.33. The molecule has 1 rings (SSSR count). The van der Waals surface area contributed by atoms with E-state index in [1.165, 1.54) is 6.20 Å². The third-order valence-electron chi connectivity index (χ3n) is 0.378. The van der Waals surface area contributed by atoms with E-state index in [9.17, 15) is 0 Å². The molecule has 0 saturated carbocycles. The second-order valence-corrected chi connectivity index (χ2v) is 0.832. The molecular weight excluding hydrogens is 146 g/mol. The van der Waals surface area contributed by atoms with Crippen LogP contribution in [0.1, 0.15) is 0 Å². The molecule has 0 spiro atoms. The zero-order chi connectivity index (χ0) is 4.41. The van der Waals surface area contributed by atoms with Crippen LogP contribution in [0.4, 0.5) is 5.82 Å². The topological polar surface area (TPSA) is 64.9 Å². The molecule has 2 N–H and O–H groups in total. The predicted molar refractivity (Wildman–Crippen MR) is 18.7 cm³/mol. The van der Waals surface area contributed by atoms with Crippen molar-refractivity contribution in [1.29, 1.82) is 0 Å². The van der Waals surface area contributed by atoms with E-state index in [1.807, 2.05) is 0 Å². The van der Waals surface area contributed by atoms with Crippen molar-refractivity contribution in [1.82, 2.24) is 10.3 Å². The normalized spacial score (nSPS) is 7.43. The Hall–Kier alpha value is -0.541. The quantitative estimate of drug-likeness (QED) is 0.511. The number of nitrogens with zero attached hydrogens (tertiary/aromatic N) is 2. The fourth-order valence-corrected chi connectivity index (χ4v) is 0.172. The number of anilines is 1. The smallest absolute Gasteiger partial charge is 0.188 e. The second kappa shape index (κ2) is 2.60. The van der Waals surface area contributed by atoms with Crippen molar-refractivity contribution in [3.8, 4) is 0 Å². The van der Waals surface area contributed by atoms with Gasteiger partial charge in [-0.2, -0.15) is 0 Å². The van der Waals surface area contributed by atoms with Gasteiger partial charge in [-0.3, -0.25) is 0 Å². The van der Waals surface area contributed by atoms with Crippen molar-refractivity contribution in [3.63, 3.8) is 0 Å². The summed E-state index contributed by atoms with van der Waals surface area (Å²) >= 11 is 0. The fourth-order valence-electron chi connectivity index (χ4n) is 0.172.